The van der Waals surface area contributed by atoms with Gasteiger partial charge in [0, 0.05) is 17.4 Å². The molecular formula is C17H13F2NO2S. The van der Waals surface area contributed by atoms with E-state index in [-0.39, 0.29) is 12.1 Å². The maximum absolute atomic E-state index is 13.3. The number of amides is 2. The summed E-state index contributed by atoms with van der Waals surface area (Å²) in [5, 5.41) is -0.557. The number of carbonyl (C=O) groups excluding carboxylic acids is 2. The van der Waals surface area contributed by atoms with Crippen LogP contribution in [0.3, 0.4) is 0 Å². The average molecular weight is 333 g/mol. The summed E-state index contributed by atoms with van der Waals surface area (Å²) in [6.07, 6.45) is 0.0381. The third-order valence-corrected chi connectivity index (χ3v) is 4.76. The smallest absolute Gasteiger partial charge is 0.247 e. The highest BCUT2D eigenvalue weighted by Crippen LogP contribution is 2.34. The van der Waals surface area contributed by atoms with Crippen molar-refractivity contribution in [2.75, 3.05) is 4.90 Å². The third-order valence-electron chi connectivity index (χ3n) is 3.57. The number of halogens is 2. The third kappa shape index (κ3) is 3.12. The Morgan fingerprint density at radius 2 is 1.74 bits per heavy atom. The van der Waals surface area contributed by atoms with Crippen LogP contribution >= 0.6 is 11.8 Å². The van der Waals surface area contributed by atoms with E-state index < -0.39 is 28.7 Å². The molecule has 118 valence electrons. The van der Waals surface area contributed by atoms with Gasteiger partial charge in [0.05, 0.1) is 10.9 Å². The predicted molar refractivity (Wildman–Crippen MR) is 84.3 cm³/mol. The summed E-state index contributed by atoms with van der Waals surface area (Å²) in [6.45, 7) is 1.96. The second-order valence-corrected chi connectivity index (χ2v) is 6.57. The summed E-state index contributed by atoms with van der Waals surface area (Å²) in [7, 11) is 0. The zero-order valence-electron chi connectivity index (χ0n) is 12.3. The second-order valence-electron chi connectivity index (χ2n) is 5.29. The van der Waals surface area contributed by atoms with Crippen LogP contribution < -0.4 is 4.90 Å². The molecule has 1 saturated heterocycles. The Kier molecular flexibility index (Phi) is 4.17. The lowest BCUT2D eigenvalue weighted by Gasteiger charge is -2.15. The van der Waals surface area contributed by atoms with Crippen LogP contribution in [0.4, 0.5) is 14.5 Å². The van der Waals surface area contributed by atoms with Gasteiger partial charge in [-0.1, -0.05) is 17.7 Å². The lowest BCUT2D eigenvalue weighted by atomic mass is 10.2. The normalized spacial score (nSPS) is 17.9. The predicted octanol–water partition coefficient (Wildman–Crippen LogP) is 3.70. The molecule has 6 heteroatoms. The molecule has 3 nitrogen and oxygen atoms in total. The fourth-order valence-corrected chi connectivity index (χ4v) is 3.43. The molecule has 1 heterocycles. The van der Waals surface area contributed by atoms with Crippen molar-refractivity contribution >= 4 is 29.3 Å². The number of nitrogens with zero attached hydrogens (tertiary/aromatic N) is 1. The highest BCUT2D eigenvalue weighted by Gasteiger charge is 2.40. The number of imide groups is 1. The summed E-state index contributed by atoms with van der Waals surface area (Å²) >= 11 is 1.30. The van der Waals surface area contributed by atoms with Gasteiger partial charge >= 0.3 is 0 Å². The van der Waals surface area contributed by atoms with Gasteiger partial charge in [-0.15, -0.1) is 11.8 Å². The van der Waals surface area contributed by atoms with Gasteiger partial charge in [0.15, 0.2) is 11.6 Å². The minimum absolute atomic E-state index is 0.0381. The lowest BCUT2D eigenvalue weighted by Crippen LogP contribution is -2.31. The molecule has 0 saturated carbocycles. The van der Waals surface area contributed by atoms with Crippen LogP contribution in [0.15, 0.2) is 47.4 Å². The molecule has 1 aliphatic heterocycles. The van der Waals surface area contributed by atoms with Crippen molar-refractivity contribution < 1.29 is 18.4 Å². The first-order valence-electron chi connectivity index (χ1n) is 7.01. The number of carbonyl (C=O) groups is 2. The summed E-state index contributed by atoms with van der Waals surface area (Å²) < 4.78 is 26.3. The fourth-order valence-electron chi connectivity index (χ4n) is 2.37. The van der Waals surface area contributed by atoms with Crippen LogP contribution in [-0.4, -0.2) is 17.1 Å². The van der Waals surface area contributed by atoms with E-state index in [1.165, 1.54) is 17.8 Å². The van der Waals surface area contributed by atoms with E-state index in [1.807, 2.05) is 31.2 Å². The molecule has 0 N–H and O–H groups in total. The summed E-state index contributed by atoms with van der Waals surface area (Å²) in [4.78, 5) is 26.4. The number of hydrogen-bond donors (Lipinski definition) is 0. The van der Waals surface area contributed by atoms with Crippen molar-refractivity contribution in [2.45, 2.75) is 23.5 Å². The number of rotatable bonds is 3. The van der Waals surface area contributed by atoms with Crippen LogP contribution in [0, 0.1) is 18.6 Å². The first kappa shape index (κ1) is 15.7. The van der Waals surface area contributed by atoms with Crippen LogP contribution in [0.2, 0.25) is 0 Å². The van der Waals surface area contributed by atoms with Crippen LogP contribution in [-0.2, 0) is 9.59 Å². The SMILES string of the molecule is Cc1ccc(S[C@H]2CC(=O)N(c3ccc(F)c(F)c3)C2=O)cc1. The molecule has 0 spiro atoms. The van der Waals surface area contributed by atoms with Gasteiger partial charge in [0.1, 0.15) is 0 Å². The van der Waals surface area contributed by atoms with E-state index in [4.69, 9.17) is 0 Å². The number of aryl methyl sites for hydroxylation is 1. The summed E-state index contributed by atoms with van der Waals surface area (Å²) in [5.41, 5.74) is 1.16. The average Bonchev–Trinajstić information content (AvgIpc) is 2.79. The van der Waals surface area contributed by atoms with Crippen LogP contribution in [0.25, 0.3) is 0 Å². The van der Waals surface area contributed by atoms with E-state index in [0.29, 0.717) is 0 Å². The molecular weight excluding hydrogens is 320 g/mol. The molecule has 0 bridgehead atoms. The monoisotopic (exact) mass is 333 g/mol. The molecule has 2 aromatic carbocycles. The van der Waals surface area contributed by atoms with Crippen LogP contribution in [0.5, 0.6) is 0 Å². The first-order chi connectivity index (χ1) is 11.0. The van der Waals surface area contributed by atoms with Gasteiger partial charge in [-0.3, -0.25) is 9.59 Å². The molecule has 3 rings (SSSR count). The highest BCUT2D eigenvalue weighted by molar-refractivity contribution is 8.00. The minimum Gasteiger partial charge on any atom is -0.274 e. The Bertz CT molecular complexity index is 777. The highest BCUT2D eigenvalue weighted by atomic mass is 32.2. The number of anilines is 1. The van der Waals surface area contributed by atoms with E-state index >= 15 is 0 Å². The van der Waals surface area contributed by atoms with Crippen molar-refractivity contribution in [3.8, 4) is 0 Å². The van der Waals surface area contributed by atoms with Gasteiger partial charge in [-0.05, 0) is 31.2 Å². The molecule has 1 fully saturated rings. The van der Waals surface area contributed by atoms with Gasteiger partial charge in [0.25, 0.3) is 0 Å². The molecule has 2 amide bonds. The molecule has 0 unspecified atom stereocenters. The number of benzene rings is 2. The van der Waals surface area contributed by atoms with E-state index in [0.717, 1.165) is 27.5 Å². The van der Waals surface area contributed by atoms with Gasteiger partial charge in [-0.25, -0.2) is 13.7 Å². The Morgan fingerprint density at radius 3 is 2.39 bits per heavy atom. The standard InChI is InChI=1S/C17H13F2NO2S/c1-10-2-5-12(6-3-10)23-15-9-16(21)20(17(15)22)11-4-7-13(18)14(19)8-11/h2-8,15H,9H2,1H3/t15-/m0/s1. The van der Waals surface area contributed by atoms with Crippen molar-refractivity contribution in [3.05, 3.63) is 59.7 Å². The van der Waals surface area contributed by atoms with E-state index in [9.17, 15) is 18.4 Å². The zero-order valence-corrected chi connectivity index (χ0v) is 13.1. The Labute approximate surface area is 136 Å². The van der Waals surface area contributed by atoms with Crippen molar-refractivity contribution in [3.63, 3.8) is 0 Å². The quantitative estimate of drug-likeness (QED) is 0.804. The number of hydrogen-bond acceptors (Lipinski definition) is 3. The maximum atomic E-state index is 13.3. The largest absolute Gasteiger partial charge is 0.274 e. The van der Waals surface area contributed by atoms with Crippen molar-refractivity contribution in [2.24, 2.45) is 0 Å². The molecule has 1 atom stereocenters. The van der Waals surface area contributed by atoms with Crippen molar-refractivity contribution in [1.82, 2.24) is 0 Å². The molecule has 0 aliphatic carbocycles. The van der Waals surface area contributed by atoms with Crippen molar-refractivity contribution in [1.29, 1.82) is 0 Å². The molecule has 2 aromatic rings. The van der Waals surface area contributed by atoms with E-state index in [2.05, 4.69) is 0 Å². The fraction of sp³-hybridized carbons (Fsp3) is 0.176. The lowest BCUT2D eigenvalue weighted by molar-refractivity contribution is -0.121. The van der Waals surface area contributed by atoms with Gasteiger partial charge in [0.2, 0.25) is 11.8 Å². The van der Waals surface area contributed by atoms with Gasteiger partial charge < -0.3 is 0 Å². The van der Waals surface area contributed by atoms with E-state index in [1.54, 1.807) is 0 Å². The van der Waals surface area contributed by atoms with Gasteiger partial charge in [-0.2, -0.15) is 0 Å². The summed E-state index contributed by atoms with van der Waals surface area (Å²) in [5.74, 6) is -2.92. The number of thioether (sulfide) groups is 1. The topological polar surface area (TPSA) is 37.4 Å². The minimum atomic E-state index is -1.09. The Hall–Kier alpha value is -2.21. The van der Waals surface area contributed by atoms with Crippen LogP contribution in [0.1, 0.15) is 12.0 Å². The molecule has 0 radical (unpaired) electrons. The maximum Gasteiger partial charge on any atom is 0.247 e. The molecule has 0 aromatic heterocycles. The first-order valence-corrected chi connectivity index (χ1v) is 7.89. The zero-order chi connectivity index (χ0) is 16.6. The Morgan fingerprint density at radius 1 is 1.04 bits per heavy atom. The second kappa shape index (κ2) is 6.12. The Balaban J connectivity index is 1.82. The summed E-state index contributed by atoms with van der Waals surface area (Å²) in [6, 6.07) is 10.6. The molecule has 1 aliphatic rings. The molecule has 23 heavy (non-hydrogen) atoms.